The van der Waals surface area contributed by atoms with Crippen molar-refractivity contribution in [1.29, 1.82) is 5.41 Å². The Hall–Kier alpha value is -2.33. The highest BCUT2D eigenvalue weighted by atomic mass is 16.5. The zero-order valence-electron chi connectivity index (χ0n) is 20.1. The summed E-state index contributed by atoms with van der Waals surface area (Å²) in [5.74, 6) is 0. The van der Waals surface area contributed by atoms with Gasteiger partial charge in [-0.25, -0.2) is 0 Å². The molecule has 0 radical (unpaired) electrons. The first-order valence-electron chi connectivity index (χ1n) is 12.6. The van der Waals surface area contributed by atoms with E-state index in [0.717, 1.165) is 24.1 Å². The van der Waals surface area contributed by atoms with Gasteiger partial charge in [-0.2, -0.15) is 0 Å². The SMILES string of the molecule is CCCCCCCCCCCCOCn1c(=N)n(Cc2ccc(C)cc2)c2ccccc21. The Balaban J connectivity index is 1.45. The molecule has 0 fully saturated rings. The molecule has 2 aromatic carbocycles. The third-order valence-electron chi connectivity index (χ3n) is 6.30. The first-order valence-corrected chi connectivity index (χ1v) is 12.6. The number of rotatable bonds is 15. The van der Waals surface area contributed by atoms with Crippen LogP contribution in [0.15, 0.2) is 48.5 Å². The quantitative estimate of drug-likeness (QED) is 0.253. The van der Waals surface area contributed by atoms with Crippen LogP contribution in [0.25, 0.3) is 11.0 Å². The number of fused-ring (bicyclic) bond motifs is 1. The maximum absolute atomic E-state index is 8.77. The van der Waals surface area contributed by atoms with Crippen LogP contribution in [0, 0.1) is 12.3 Å². The van der Waals surface area contributed by atoms with Crippen molar-refractivity contribution in [2.75, 3.05) is 6.61 Å². The van der Waals surface area contributed by atoms with Crippen molar-refractivity contribution in [3.63, 3.8) is 0 Å². The van der Waals surface area contributed by atoms with E-state index in [1.54, 1.807) is 0 Å². The number of aryl methyl sites for hydroxylation is 1. The molecule has 0 aliphatic rings. The Bertz CT molecular complexity index is 984. The van der Waals surface area contributed by atoms with E-state index in [9.17, 15) is 0 Å². The molecule has 0 saturated carbocycles. The topological polar surface area (TPSA) is 42.9 Å². The Kier molecular flexibility index (Phi) is 10.1. The summed E-state index contributed by atoms with van der Waals surface area (Å²) in [6, 6.07) is 16.8. The third kappa shape index (κ3) is 7.09. The van der Waals surface area contributed by atoms with Crippen LogP contribution in [0.5, 0.6) is 0 Å². The molecule has 1 N–H and O–H groups in total. The number of unbranched alkanes of at least 4 members (excludes halogenated alkanes) is 9. The highest BCUT2D eigenvalue weighted by Gasteiger charge is 2.11. The maximum Gasteiger partial charge on any atom is 0.205 e. The van der Waals surface area contributed by atoms with Gasteiger partial charge in [-0.3, -0.25) is 9.98 Å². The van der Waals surface area contributed by atoms with Crippen molar-refractivity contribution in [3.8, 4) is 0 Å². The number of benzene rings is 2. The van der Waals surface area contributed by atoms with Crippen molar-refractivity contribution >= 4 is 11.0 Å². The van der Waals surface area contributed by atoms with Gasteiger partial charge in [0.1, 0.15) is 6.73 Å². The van der Waals surface area contributed by atoms with Gasteiger partial charge >= 0.3 is 0 Å². The van der Waals surface area contributed by atoms with Gasteiger partial charge in [-0.05, 0) is 31.0 Å². The first-order chi connectivity index (χ1) is 15.7. The summed E-state index contributed by atoms with van der Waals surface area (Å²) in [5.41, 5.74) is 5.11. The summed E-state index contributed by atoms with van der Waals surface area (Å²) < 4.78 is 10.0. The van der Waals surface area contributed by atoms with Crippen molar-refractivity contribution < 1.29 is 4.74 Å². The average Bonchev–Trinajstić information content (AvgIpc) is 3.07. The Morgan fingerprint density at radius 2 is 1.28 bits per heavy atom. The molecule has 0 spiro atoms. The van der Waals surface area contributed by atoms with Crippen LogP contribution in [-0.2, 0) is 18.0 Å². The predicted octanol–water partition coefficient (Wildman–Crippen LogP) is 7.17. The lowest BCUT2D eigenvalue weighted by atomic mass is 10.1. The molecule has 3 rings (SSSR count). The fourth-order valence-electron chi connectivity index (χ4n) is 4.31. The van der Waals surface area contributed by atoms with Gasteiger partial charge in [0.15, 0.2) is 0 Å². The number of aromatic nitrogens is 2. The monoisotopic (exact) mass is 435 g/mol. The molecule has 174 valence electrons. The normalized spacial score (nSPS) is 11.4. The molecule has 0 bridgehead atoms. The lowest BCUT2D eigenvalue weighted by molar-refractivity contribution is 0.0730. The van der Waals surface area contributed by atoms with Crippen LogP contribution in [-0.4, -0.2) is 15.7 Å². The van der Waals surface area contributed by atoms with Crippen LogP contribution >= 0.6 is 0 Å². The van der Waals surface area contributed by atoms with E-state index < -0.39 is 0 Å². The van der Waals surface area contributed by atoms with Gasteiger partial charge in [-0.15, -0.1) is 0 Å². The van der Waals surface area contributed by atoms with Gasteiger partial charge in [0.25, 0.3) is 0 Å². The largest absolute Gasteiger partial charge is 0.361 e. The molecule has 0 amide bonds. The summed E-state index contributed by atoms with van der Waals surface area (Å²) >= 11 is 0. The van der Waals surface area contributed by atoms with Gasteiger partial charge in [-0.1, -0.05) is 107 Å². The van der Waals surface area contributed by atoms with Crippen molar-refractivity contribution in [3.05, 3.63) is 65.3 Å². The molecule has 3 aromatic rings. The Morgan fingerprint density at radius 3 is 1.91 bits per heavy atom. The minimum absolute atomic E-state index is 0.442. The van der Waals surface area contributed by atoms with Crippen LogP contribution in [0.3, 0.4) is 0 Å². The lowest BCUT2D eigenvalue weighted by Gasteiger charge is -2.07. The standard InChI is InChI=1S/C28H41N3O/c1-3-4-5-6-7-8-9-10-11-14-21-32-23-31-27-16-13-12-15-26(27)30(28(31)29)22-25-19-17-24(2)18-20-25/h12-13,15-20,29H,3-11,14,21-23H2,1-2H3. The van der Waals surface area contributed by atoms with Gasteiger partial charge in [0, 0.05) is 6.61 Å². The Labute approximate surface area is 193 Å². The van der Waals surface area contributed by atoms with Crippen LogP contribution in [0.2, 0.25) is 0 Å². The second-order valence-corrected chi connectivity index (χ2v) is 9.03. The van der Waals surface area contributed by atoms with E-state index >= 15 is 0 Å². The average molecular weight is 436 g/mol. The van der Waals surface area contributed by atoms with Gasteiger partial charge < -0.3 is 9.30 Å². The molecule has 0 atom stereocenters. The summed E-state index contributed by atoms with van der Waals surface area (Å²) in [6.07, 6.45) is 13.3. The fraction of sp³-hybridized carbons (Fsp3) is 0.536. The predicted molar refractivity (Wildman–Crippen MR) is 134 cm³/mol. The van der Waals surface area contributed by atoms with E-state index in [4.69, 9.17) is 10.1 Å². The van der Waals surface area contributed by atoms with Crippen LogP contribution < -0.4 is 5.62 Å². The van der Waals surface area contributed by atoms with E-state index in [-0.39, 0.29) is 0 Å². The van der Waals surface area contributed by atoms with E-state index in [1.807, 2.05) is 16.7 Å². The third-order valence-corrected chi connectivity index (χ3v) is 6.30. The minimum Gasteiger partial charge on any atom is -0.361 e. The molecule has 0 aliphatic heterocycles. The molecular weight excluding hydrogens is 394 g/mol. The Morgan fingerprint density at radius 1 is 0.719 bits per heavy atom. The second kappa shape index (κ2) is 13.3. The number of hydrogen-bond acceptors (Lipinski definition) is 2. The van der Waals surface area contributed by atoms with Gasteiger partial charge in [0.05, 0.1) is 17.6 Å². The number of imidazole rings is 1. The molecule has 1 heterocycles. The molecule has 32 heavy (non-hydrogen) atoms. The summed E-state index contributed by atoms with van der Waals surface area (Å²) in [6.45, 7) is 6.28. The molecule has 0 saturated heterocycles. The number of hydrogen-bond donors (Lipinski definition) is 1. The van der Waals surface area contributed by atoms with Crippen molar-refractivity contribution in [2.24, 2.45) is 0 Å². The summed E-state index contributed by atoms with van der Waals surface area (Å²) in [4.78, 5) is 0. The lowest BCUT2D eigenvalue weighted by Crippen LogP contribution is -2.26. The highest BCUT2D eigenvalue weighted by Crippen LogP contribution is 2.15. The fourth-order valence-corrected chi connectivity index (χ4v) is 4.31. The van der Waals surface area contributed by atoms with E-state index in [2.05, 4.69) is 54.8 Å². The van der Waals surface area contributed by atoms with E-state index in [0.29, 0.717) is 18.9 Å². The smallest absolute Gasteiger partial charge is 0.205 e. The molecule has 4 nitrogen and oxygen atoms in total. The zero-order valence-corrected chi connectivity index (χ0v) is 20.1. The van der Waals surface area contributed by atoms with Gasteiger partial charge in [0.2, 0.25) is 5.62 Å². The summed E-state index contributed by atoms with van der Waals surface area (Å²) in [5, 5.41) is 8.77. The maximum atomic E-state index is 8.77. The molecule has 1 aromatic heterocycles. The van der Waals surface area contributed by atoms with Crippen LogP contribution in [0.4, 0.5) is 0 Å². The van der Waals surface area contributed by atoms with E-state index in [1.165, 1.54) is 68.9 Å². The van der Waals surface area contributed by atoms with Crippen molar-refractivity contribution in [2.45, 2.75) is 91.3 Å². The molecule has 0 aliphatic carbocycles. The number of nitrogens with zero attached hydrogens (tertiary/aromatic N) is 2. The van der Waals surface area contributed by atoms with Crippen molar-refractivity contribution in [1.82, 2.24) is 9.13 Å². The minimum atomic E-state index is 0.442. The second-order valence-electron chi connectivity index (χ2n) is 9.03. The van der Waals surface area contributed by atoms with Crippen LogP contribution in [0.1, 0.15) is 82.3 Å². The molecule has 0 unspecified atom stereocenters. The number of nitrogens with one attached hydrogen (secondary N) is 1. The number of para-hydroxylation sites is 2. The summed E-state index contributed by atoms with van der Waals surface area (Å²) in [7, 11) is 0. The highest BCUT2D eigenvalue weighted by molar-refractivity contribution is 5.75. The molecule has 4 heteroatoms. The number of ether oxygens (including phenoxy) is 1. The first kappa shape index (κ1) is 24.3. The zero-order chi connectivity index (χ0) is 22.6. The molecular formula is C28H41N3O.